The zero-order valence-corrected chi connectivity index (χ0v) is 18.0. The number of carbonyl (C=O) groups is 1. The number of fused-ring (bicyclic) bond motifs is 1. The van der Waals surface area contributed by atoms with Gasteiger partial charge in [-0.05, 0) is 61.7 Å². The van der Waals surface area contributed by atoms with Crippen molar-refractivity contribution in [2.45, 2.75) is 31.9 Å². The third kappa shape index (κ3) is 3.87. The van der Waals surface area contributed by atoms with Gasteiger partial charge in [0.1, 0.15) is 0 Å². The molecule has 1 N–H and O–H groups in total. The van der Waals surface area contributed by atoms with E-state index < -0.39 is 5.60 Å². The minimum absolute atomic E-state index is 0.00575. The molecule has 1 amide bonds. The lowest BCUT2D eigenvalue weighted by molar-refractivity contribution is -0.0284. The van der Waals surface area contributed by atoms with E-state index in [1.54, 1.807) is 30.9 Å². The van der Waals surface area contributed by atoms with E-state index in [1.165, 1.54) is 0 Å². The van der Waals surface area contributed by atoms with Gasteiger partial charge in [0.15, 0.2) is 0 Å². The summed E-state index contributed by atoms with van der Waals surface area (Å²) < 4.78 is 2.06. The first-order valence-corrected chi connectivity index (χ1v) is 10.8. The van der Waals surface area contributed by atoms with Crippen LogP contribution >= 0.6 is 0 Å². The standard InChI is InChI=1S/C25H25N5O2/c1-18-16-27-12-6-20(18)24(31)29-14-8-25(32,9-15-29)17-30-13-7-22-23(30)3-2-21(28-22)19-4-10-26-11-5-19/h2-7,10-13,16,32H,8-9,14-15,17H2,1H3. The molecule has 4 aromatic rings. The highest BCUT2D eigenvalue weighted by atomic mass is 16.3. The second-order valence-corrected chi connectivity index (χ2v) is 8.49. The van der Waals surface area contributed by atoms with E-state index >= 15 is 0 Å². The van der Waals surface area contributed by atoms with E-state index in [2.05, 4.69) is 14.5 Å². The molecule has 1 fully saturated rings. The summed E-state index contributed by atoms with van der Waals surface area (Å²) in [7, 11) is 0. The molecule has 1 aliphatic rings. The van der Waals surface area contributed by atoms with Gasteiger partial charge in [-0.3, -0.25) is 14.8 Å². The van der Waals surface area contributed by atoms with Crippen molar-refractivity contribution < 1.29 is 9.90 Å². The summed E-state index contributed by atoms with van der Waals surface area (Å²) in [5.41, 5.74) is 4.49. The Bertz CT molecular complexity index is 1260. The molecule has 0 bridgehead atoms. The molecule has 7 heteroatoms. The van der Waals surface area contributed by atoms with Crippen molar-refractivity contribution in [1.82, 2.24) is 24.4 Å². The topological polar surface area (TPSA) is 84.1 Å². The molecule has 0 radical (unpaired) electrons. The monoisotopic (exact) mass is 427 g/mol. The van der Waals surface area contributed by atoms with Gasteiger partial charge < -0.3 is 14.6 Å². The molecule has 0 unspecified atom stereocenters. The third-order valence-corrected chi connectivity index (χ3v) is 6.30. The Balaban J connectivity index is 1.29. The molecule has 162 valence electrons. The van der Waals surface area contributed by atoms with Gasteiger partial charge in [0, 0.05) is 55.2 Å². The van der Waals surface area contributed by atoms with Crippen molar-refractivity contribution >= 4 is 16.9 Å². The molecule has 0 aliphatic carbocycles. The number of piperidine rings is 1. The van der Waals surface area contributed by atoms with Crippen molar-refractivity contribution in [3.05, 3.63) is 78.5 Å². The second kappa shape index (κ2) is 8.16. The van der Waals surface area contributed by atoms with E-state index in [0.29, 0.717) is 38.0 Å². The number of aliphatic hydroxyl groups is 1. The molecule has 7 nitrogen and oxygen atoms in total. The van der Waals surface area contributed by atoms with Crippen LogP contribution in [0.15, 0.2) is 67.4 Å². The number of aromatic nitrogens is 4. The van der Waals surface area contributed by atoms with E-state index in [1.807, 2.05) is 48.4 Å². The number of likely N-dealkylation sites (tertiary alicyclic amines) is 1. The summed E-state index contributed by atoms with van der Waals surface area (Å²) in [6.45, 7) is 3.43. The average molecular weight is 428 g/mol. The fourth-order valence-corrected chi connectivity index (χ4v) is 4.38. The fourth-order valence-electron chi connectivity index (χ4n) is 4.38. The number of carbonyl (C=O) groups excluding carboxylic acids is 1. The summed E-state index contributed by atoms with van der Waals surface area (Å²) in [4.78, 5) is 27.6. The van der Waals surface area contributed by atoms with Crippen LogP contribution in [-0.4, -0.2) is 54.1 Å². The molecule has 0 spiro atoms. The van der Waals surface area contributed by atoms with Crippen LogP contribution < -0.4 is 0 Å². The first-order valence-electron chi connectivity index (χ1n) is 10.8. The third-order valence-electron chi connectivity index (χ3n) is 6.30. The van der Waals surface area contributed by atoms with Crippen LogP contribution in [0.4, 0.5) is 0 Å². The van der Waals surface area contributed by atoms with Crippen molar-refractivity contribution in [2.75, 3.05) is 13.1 Å². The predicted molar refractivity (Wildman–Crippen MR) is 122 cm³/mol. The Labute approximate surface area is 186 Å². The Morgan fingerprint density at radius 2 is 1.78 bits per heavy atom. The van der Waals surface area contributed by atoms with Crippen LogP contribution in [0.5, 0.6) is 0 Å². The second-order valence-electron chi connectivity index (χ2n) is 8.49. The van der Waals surface area contributed by atoms with Crippen molar-refractivity contribution in [1.29, 1.82) is 0 Å². The van der Waals surface area contributed by atoms with E-state index in [-0.39, 0.29) is 5.91 Å². The maximum atomic E-state index is 12.9. The lowest BCUT2D eigenvalue weighted by Gasteiger charge is -2.38. The average Bonchev–Trinajstić information content (AvgIpc) is 3.21. The van der Waals surface area contributed by atoms with Gasteiger partial charge >= 0.3 is 0 Å². The van der Waals surface area contributed by atoms with E-state index in [4.69, 9.17) is 4.98 Å². The molecule has 4 aromatic heterocycles. The molecular formula is C25H25N5O2. The lowest BCUT2D eigenvalue weighted by Crippen LogP contribution is -2.48. The maximum absolute atomic E-state index is 12.9. The minimum Gasteiger partial charge on any atom is -0.388 e. The molecule has 5 heterocycles. The van der Waals surface area contributed by atoms with E-state index in [0.717, 1.165) is 27.9 Å². The quantitative estimate of drug-likeness (QED) is 0.539. The molecule has 0 saturated carbocycles. The number of nitrogens with zero attached hydrogens (tertiary/aromatic N) is 5. The number of hydrogen-bond acceptors (Lipinski definition) is 5. The molecule has 0 atom stereocenters. The summed E-state index contributed by atoms with van der Waals surface area (Å²) in [6, 6.07) is 11.7. The SMILES string of the molecule is Cc1cnccc1C(=O)N1CCC(O)(Cn2ccc3nc(-c4ccncc4)ccc32)CC1. The normalized spacial score (nSPS) is 15.8. The maximum Gasteiger partial charge on any atom is 0.254 e. The number of hydrogen-bond donors (Lipinski definition) is 1. The fraction of sp³-hybridized carbons (Fsp3) is 0.280. The van der Waals surface area contributed by atoms with Gasteiger partial charge in [-0.15, -0.1) is 0 Å². The number of pyridine rings is 3. The Kier molecular flexibility index (Phi) is 5.19. The zero-order valence-electron chi connectivity index (χ0n) is 18.0. The Morgan fingerprint density at radius 1 is 1.03 bits per heavy atom. The Morgan fingerprint density at radius 3 is 2.53 bits per heavy atom. The minimum atomic E-state index is -0.861. The zero-order chi connectivity index (χ0) is 22.1. The summed E-state index contributed by atoms with van der Waals surface area (Å²) >= 11 is 0. The Hall–Kier alpha value is -3.58. The van der Waals surface area contributed by atoms with Crippen LogP contribution in [0.2, 0.25) is 0 Å². The number of amides is 1. The molecule has 5 rings (SSSR count). The van der Waals surface area contributed by atoms with Crippen LogP contribution in [0, 0.1) is 6.92 Å². The number of aryl methyl sites for hydroxylation is 1. The van der Waals surface area contributed by atoms with E-state index in [9.17, 15) is 9.90 Å². The molecule has 1 aliphatic heterocycles. The first kappa shape index (κ1) is 20.3. The highest BCUT2D eigenvalue weighted by Gasteiger charge is 2.35. The molecule has 0 aromatic carbocycles. The van der Waals surface area contributed by atoms with Crippen LogP contribution in [0.1, 0.15) is 28.8 Å². The van der Waals surface area contributed by atoms with Crippen LogP contribution in [-0.2, 0) is 6.54 Å². The van der Waals surface area contributed by atoms with Gasteiger partial charge in [-0.25, -0.2) is 4.98 Å². The highest BCUT2D eigenvalue weighted by molar-refractivity contribution is 5.95. The van der Waals surface area contributed by atoms with Gasteiger partial charge in [-0.2, -0.15) is 0 Å². The van der Waals surface area contributed by atoms with Gasteiger partial charge in [0.05, 0.1) is 28.9 Å². The van der Waals surface area contributed by atoms with Crippen LogP contribution in [0.25, 0.3) is 22.3 Å². The van der Waals surface area contributed by atoms with Gasteiger partial charge in [-0.1, -0.05) is 0 Å². The van der Waals surface area contributed by atoms with Gasteiger partial charge in [0.2, 0.25) is 0 Å². The predicted octanol–water partition coefficient (Wildman–Crippen LogP) is 3.47. The lowest BCUT2D eigenvalue weighted by atomic mass is 9.90. The van der Waals surface area contributed by atoms with Crippen molar-refractivity contribution in [3.63, 3.8) is 0 Å². The highest BCUT2D eigenvalue weighted by Crippen LogP contribution is 2.28. The summed E-state index contributed by atoms with van der Waals surface area (Å²) in [5, 5.41) is 11.3. The van der Waals surface area contributed by atoms with Crippen LogP contribution in [0.3, 0.4) is 0 Å². The van der Waals surface area contributed by atoms with Crippen molar-refractivity contribution in [2.24, 2.45) is 0 Å². The van der Waals surface area contributed by atoms with Gasteiger partial charge in [0.25, 0.3) is 5.91 Å². The summed E-state index contributed by atoms with van der Waals surface area (Å²) in [6.07, 6.45) is 9.91. The molecular weight excluding hydrogens is 402 g/mol. The molecule has 1 saturated heterocycles. The summed E-state index contributed by atoms with van der Waals surface area (Å²) in [5.74, 6) is 0.00575. The van der Waals surface area contributed by atoms with Crippen molar-refractivity contribution in [3.8, 4) is 11.3 Å². The largest absolute Gasteiger partial charge is 0.388 e. The first-order chi connectivity index (χ1) is 15.5. The number of rotatable bonds is 4. The molecule has 32 heavy (non-hydrogen) atoms. The smallest absolute Gasteiger partial charge is 0.254 e.